The summed E-state index contributed by atoms with van der Waals surface area (Å²) in [5.41, 5.74) is 11.3. The largest absolute Gasteiger partial charge is 0.456 e. The van der Waals surface area contributed by atoms with Gasteiger partial charge in [0.25, 0.3) is 0 Å². The lowest BCUT2D eigenvalue weighted by molar-refractivity contribution is 0.669. The molecule has 0 atom stereocenters. The zero-order valence-corrected chi connectivity index (χ0v) is 17.4. The van der Waals surface area contributed by atoms with Crippen molar-refractivity contribution in [2.75, 3.05) is 0 Å². The Morgan fingerprint density at radius 1 is 0.818 bits per heavy atom. The third kappa shape index (κ3) is 1.90. The van der Waals surface area contributed by atoms with Gasteiger partial charge in [0.15, 0.2) is 0 Å². The SMILES string of the molecule is [B]c1c([B])c([B])c2c(c1[B])B1c3c-2cccc3-n2cnc3c4c(cc1c32)oc1ccccc14. The molecule has 2 aromatic heterocycles. The lowest BCUT2D eigenvalue weighted by atomic mass is 9.35. The molecule has 140 valence electrons. The number of para-hydroxylation sites is 1. The molecule has 0 fully saturated rings. The third-order valence-corrected chi connectivity index (χ3v) is 7.39. The number of nitrogens with zero attached hydrogens (tertiary/aromatic N) is 2. The van der Waals surface area contributed by atoms with Crippen LogP contribution in [0.15, 0.2) is 59.3 Å². The number of furan rings is 1. The number of aromatic nitrogens is 2. The van der Waals surface area contributed by atoms with E-state index in [0.29, 0.717) is 21.9 Å². The van der Waals surface area contributed by atoms with Crippen LogP contribution in [-0.4, -0.2) is 47.6 Å². The first-order valence-electron chi connectivity index (χ1n) is 10.8. The van der Waals surface area contributed by atoms with Crippen LogP contribution in [-0.2, 0) is 0 Å². The molecule has 8 rings (SSSR count). The summed E-state index contributed by atoms with van der Waals surface area (Å²) in [4.78, 5) is 4.86. The summed E-state index contributed by atoms with van der Waals surface area (Å²) in [7, 11) is 25.7. The first-order valence-corrected chi connectivity index (χ1v) is 10.8. The molecule has 0 saturated carbocycles. The monoisotopic (exact) mass is 408 g/mol. The van der Waals surface area contributed by atoms with Gasteiger partial charge in [0.2, 0.25) is 6.71 Å². The van der Waals surface area contributed by atoms with Crippen molar-refractivity contribution in [2.24, 2.45) is 0 Å². The second-order valence-electron chi connectivity index (χ2n) is 8.86. The van der Waals surface area contributed by atoms with E-state index in [9.17, 15) is 0 Å². The molecule has 0 bridgehead atoms. The molecular weight excluding hydrogens is 398 g/mol. The van der Waals surface area contributed by atoms with Crippen molar-refractivity contribution in [3.63, 3.8) is 0 Å². The van der Waals surface area contributed by atoms with Crippen LogP contribution in [0.1, 0.15) is 0 Å². The van der Waals surface area contributed by atoms with Crippen molar-refractivity contribution < 1.29 is 4.42 Å². The second-order valence-corrected chi connectivity index (χ2v) is 8.86. The molecule has 4 heterocycles. The maximum Gasteiger partial charge on any atom is 0.247 e. The molecule has 0 unspecified atom stereocenters. The highest BCUT2D eigenvalue weighted by Gasteiger charge is 2.42. The van der Waals surface area contributed by atoms with E-state index in [2.05, 4.69) is 28.8 Å². The molecule has 3 nitrogen and oxygen atoms in total. The van der Waals surface area contributed by atoms with Crippen LogP contribution >= 0.6 is 0 Å². The predicted octanol–water partition coefficient (Wildman–Crippen LogP) is -1.09. The van der Waals surface area contributed by atoms with E-state index >= 15 is 0 Å². The van der Waals surface area contributed by atoms with Gasteiger partial charge in [-0.25, -0.2) is 4.98 Å². The Kier molecular flexibility index (Phi) is 3.10. The molecule has 8 heteroatoms. The Morgan fingerprint density at radius 3 is 2.52 bits per heavy atom. The molecule has 2 aliphatic heterocycles. The number of fused-ring (bicyclic) bond motifs is 9. The molecule has 33 heavy (non-hydrogen) atoms. The first kappa shape index (κ1) is 18.0. The number of rotatable bonds is 0. The quantitative estimate of drug-likeness (QED) is 0.299. The van der Waals surface area contributed by atoms with E-state index in [1.807, 2.05) is 30.6 Å². The standard InChI is InChI=1S/C25H9B5N2O/c26-18-17-11-5-3-6-13-22(11)30(23(17)21(29)20(28)19(18)27)12-8-15-16(24-25(12)32(13)9-31-24)10-4-1-2-7-14(10)33-15/h1-9H. The highest BCUT2D eigenvalue weighted by Crippen LogP contribution is 2.36. The fourth-order valence-electron chi connectivity index (χ4n) is 6.01. The molecule has 0 spiro atoms. The van der Waals surface area contributed by atoms with E-state index in [1.165, 1.54) is 0 Å². The van der Waals surface area contributed by atoms with Gasteiger partial charge in [0.1, 0.15) is 54.4 Å². The van der Waals surface area contributed by atoms with E-state index < -0.39 is 0 Å². The third-order valence-electron chi connectivity index (χ3n) is 7.39. The summed E-state index contributed by atoms with van der Waals surface area (Å²) < 4.78 is 8.43. The summed E-state index contributed by atoms with van der Waals surface area (Å²) in [5.74, 6) is 0. The van der Waals surface area contributed by atoms with Gasteiger partial charge in [-0.15, -0.1) is 16.4 Å². The highest BCUT2D eigenvalue weighted by molar-refractivity contribution is 7.04. The Morgan fingerprint density at radius 2 is 1.64 bits per heavy atom. The lowest BCUT2D eigenvalue weighted by Gasteiger charge is -2.25. The van der Waals surface area contributed by atoms with Gasteiger partial charge in [-0.05, 0) is 40.3 Å². The number of hydrogen-bond donors (Lipinski definition) is 0. The van der Waals surface area contributed by atoms with Gasteiger partial charge in [-0.2, -0.15) is 0 Å². The van der Waals surface area contributed by atoms with Crippen LogP contribution in [0.2, 0.25) is 0 Å². The maximum absolute atomic E-state index is 6.61. The van der Waals surface area contributed by atoms with Gasteiger partial charge >= 0.3 is 0 Å². The zero-order valence-electron chi connectivity index (χ0n) is 17.4. The summed E-state index contributed by atoms with van der Waals surface area (Å²) in [6.45, 7) is -0.138. The van der Waals surface area contributed by atoms with Gasteiger partial charge in [0.05, 0.1) is 10.9 Å². The summed E-state index contributed by atoms with van der Waals surface area (Å²) >= 11 is 0. The molecule has 2 aliphatic rings. The number of hydrogen-bond acceptors (Lipinski definition) is 2. The number of benzene rings is 4. The van der Waals surface area contributed by atoms with Crippen molar-refractivity contribution in [2.45, 2.75) is 0 Å². The first-order chi connectivity index (χ1) is 16.1. The Labute approximate surface area is 194 Å². The van der Waals surface area contributed by atoms with Crippen molar-refractivity contribution in [1.82, 2.24) is 9.55 Å². The molecule has 0 saturated heterocycles. The van der Waals surface area contributed by atoms with Crippen LogP contribution in [0, 0.1) is 0 Å². The fraction of sp³-hybridized carbons (Fsp3) is 0. The summed E-state index contributed by atoms with van der Waals surface area (Å²) in [6, 6.07) is 16.4. The fourth-order valence-corrected chi connectivity index (χ4v) is 6.01. The zero-order chi connectivity index (χ0) is 22.2. The molecule has 6 aromatic rings. The Bertz CT molecular complexity index is 1880. The van der Waals surface area contributed by atoms with Crippen LogP contribution < -0.4 is 38.2 Å². The van der Waals surface area contributed by atoms with E-state index in [1.54, 1.807) is 0 Å². The van der Waals surface area contributed by atoms with Crippen molar-refractivity contribution >= 4 is 109 Å². The van der Waals surface area contributed by atoms with Crippen LogP contribution in [0.4, 0.5) is 0 Å². The van der Waals surface area contributed by atoms with Crippen LogP contribution in [0.5, 0.6) is 0 Å². The van der Waals surface area contributed by atoms with Crippen LogP contribution in [0.25, 0.3) is 49.8 Å². The smallest absolute Gasteiger partial charge is 0.247 e. The minimum Gasteiger partial charge on any atom is -0.456 e. The molecule has 0 amide bonds. The normalized spacial score (nSPS) is 13.3. The van der Waals surface area contributed by atoms with E-state index in [-0.39, 0.29) is 6.71 Å². The summed E-state index contributed by atoms with van der Waals surface area (Å²) in [6.07, 6.45) is 1.89. The van der Waals surface area contributed by atoms with Crippen molar-refractivity contribution in [3.05, 3.63) is 54.9 Å². The number of imidazole rings is 1. The van der Waals surface area contributed by atoms with E-state index in [4.69, 9.17) is 40.8 Å². The predicted molar refractivity (Wildman–Crippen MR) is 140 cm³/mol. The molecular formula is C25H9B5N2O. The Balaban J connectivity index is 1.61. The molecule has 4 aromatic carbocycles. The Hall–Kier alpha value is -3.53. The minimum atomic E-state index is -0.138. The highest BCUT2D eigenvalue weighted by atomic mass is 16.3. The molecule has 0 N–H and O–H groups in total. The second kappa shape index (κ2) is 5.69. The molecule has 8 radical (unpaired) electrons. The topological polar surface area (TPSA) is 31.0 Å². The molecule has 0 aliphatic carbocycles. The van der Waals surface area contributed by atoms with Gasteiger partial charge < -0.3 is 4.42 Å². The van der Waals surface area contributed by atoms with Crippen LogP contribution in [0.3, 0.4) is 0 Å². The van der Waals surface area contributed by atoms with Gasteiger partial charge in [0, 0.05) is 11.1 Å². The van der Waals surface area contributed by atoms with Gasteiger partial charge in [-0.1, -0.05) is 41.3 Å². The van der Waals surface area contributed by atoms with Crippen molar-refractivity contribution in [3.8, 4) is 16.8 Å². The maximum atomic E-state index is 6.61. The van der Waals surface area contributed by atoms with Crippen molar-refractivity contribution in [1.29, 1.82) is 0 Å². The minimum absolute atomic E-state index is 0.138. The average Bonchev–Trinajstić information content (AvgIpc) is 3.52. The summed E-state index contributed by atoms with van der Waals surface area (Å²) in [5, 5.41) is 2.07. The van der Waals surface area contributed by atoms with E-state index in [0.717, 1.165) is 66.2 Å². The lowest BCUT2D eigenvalue weighted by Crippen LogP contribution is -2.63. The average molecular weight is 407 g/mol. The van der Waals surface area contributed by atoms with Gasteiger partial charge in [-0.3, -0.25) is 4.57 Å².